The van der Waals surface area contributed by atoms with Crippen molar-refractivity contribution in [2.45, 2.75) is 13.0 Å². The summed E-state index contributed by atoms with van der Waals surface area (Å²) in [4.78, 5) is 17.2. The maximum Gasteiger partial charge on any atom is 0.354 e. The van der Waals surface area contributed by atoms with Crippen LogP contribution in [0.25, 0.3) is 27.8 Å². The average molecular weight is 382 g/mol. The number of hydrogen-bond acceptors (Lipinski definition) is 5. The van der Waals surface area contributed by atoms with E-state index in [1.807, 2.05) is 37.3 Å². The molecular weight excluding hydrogens is 366 g/mol. The molecule has 0 saturated carbocycles. The maximum absolute atomic E-state index is 13.0. The highest BCUT2D eigenvalue weighted by molar-refractivity contribution is 6.31. The summed E-state index contributed by atoms with van der Waals surface area (Å²) in [5.41, 5.74) is 3.24. The van der Waals surface area contributed by atoms with Crippen molar-refractivity contribution in [3.63, 3.8) is 0 Å². The molecule has 1 aliphatic heterocycles. The fourth-order valence-electron chi connectivity index (χ4n) is 3.35. The van der Waals surface area contributed by atoms with Gasteiger partial charge in [-0.25, -0.2) is 4.79 Å². The molecule has 0 aliphatic carbocycles. The highest BCUT2D eigenvalue weighted by Crippen LogP contribution is 2.34. The third-order valence-electron chi connectivity index (χ3n) is 4.70. The van der Waals surface area contributed by atoms with E-state index in [-0.39, 0.29) is 11.7 Å². The SMILES string of the molecule is Cc1cccc(-n2c(=O)nc(NC3COC3)c3oc4ccc(Cl)cc4c32)c1. The maximum atomic E-state index is 13.0. The fourth-order valence-corrected chi connectivity index (χ4v) is 3.52. The van der Waals surface area contributed by atoms with Gasteiger partial charge in [-0.1, -0.05) is 23.7 Å². The lowest BCUT2D eigenvalue weighted by Gasteiger charge is -2.27. The minimum absolute atomic E-state index is 0.117. The van der Waals surface area contributed by atoms with Gasteiger partial charge in [-0.05, 0) is 42.8 Å². The smallest absolute Gasteiger partial charge is 0.354 e. The number of hydrogen-bond donors (Lipinski definition) is 1. The van der Waals surface area contributed by atoms with Crippen LogP contribution in [0, 0.1) is 6.92 Å². The standard InChI is InChI=1S/C20H16ClN3O3/c1-11-3-2-4-14(7-11)24-17-15-8-12(21)5-6-16(15)27-18(17)19(23-20(24)25)22-13-9-26-10-13/h2-8,13H,9-10H2,1H3,(H,22,23,25). The molecule has 136 valence electrons. The van der Waals surface area contributed by atoms with Gasteiger partial charge in [0.15, 0.2) is 11.4 Å². The zero-order valence-electron chi connectivity index (χ0n) is 14.5. The number of ether oxygens (including phenoxy) is 1. The summed E-state index contributed by atoms with van der Waals surface area (Å²) in [5, 5.41) is 4.60. The monoisotopic (exact) mass is 381 g/mol. The summed E-state index contributed by atoms with van der Waals surface area (Å²) >= 11 is 6.22. The number of anilines is 1. The lowest BCUT2D eigenvalue weighted by molar-refractivity contribution is 0.0209. The number of benzene rings is 2. The number of fused-ring (bicyclic) bond motifs is 3. The Morgan fingerprint density at radius 1 is 1.22 bits per heavy atom. The number of halogens is 1. The molecule has 5 rings (SSSR count). The van der Waals surface area contributed by atoms with Crippen molar-refractivity contribution < 1.29 is 9.15 Å². The molecule has 6 nitrogen and oxygen atoms in total. The molecular formula is C20H16ClN3O3. The highest BCUT2D eigenvalue weighted by Gasteiger charge is 2.24. The van der Waals surface area contributed by atoms with Crippen LogP contribution in [0.3, 0.4) is 0 Å². The number of nitrogens with zero attached hydrogens (tertiary/aromatic N) is 2. The van der Waals surface area contributed by atoms with Gasteiger partial charge in [0.25, 0.3) is 0 Å². The molecule has 1 fully saturated rings. The van der Waals surface area contributed by atoms with E-state index in [4.69, 9.17) is 20.8 Å². The molecule has 0 amide bonds. The van der Waals surface area contributed by atoms with Crippen molar-refractivity contribution in [1.29, 1.82) is 0 Å². The Morgan fingerprint density at radius 3 is 2.81 bits per heavy atom. The molecule has 0 spiro atoms. The molecule has 2 aromatic carbocycles. The molecule has 0 unspecified atom stereocenters. The number of furan rings is 1. The first-order valence-corrected chi connectivity index (χ1v) is 9.04. The molecule has 7 heteroatoms. The molecule has 1 aliphatic rings. The number of rotatable bonds is 3. The van der Waals surface area contributed by atoms with Crippen LogP contribution in [0.2, 0.25) is 5.02 Å². The first-order valence-electron chi connectivity index (χ1n) is 8.66. The van der Waals surface area contributed by atoms with Gasteiger partial charge in [0.05, 0.1) is 24.9 Å². The van der Waals surface area contributed by atoms with Crippen molar-refractivity contribution in [3.8, 4) is 5.69 Å². The van der Waals surface area contributed by atoms with Crippen LogP contribution in [-0.4, -0.2) is 28.8 Å². The van der Waals surface area contributed by atoms with Crippen LogP contribution < -0.4 is 11.0 Å². The third kappa shape index (κ3) is 2.69. The van der Waals surface area contributed by atoms with Gasteiger partial charge in [0.1, 0.15) is 11.1 Å². The molecule has 0 bridgehead atoms. The summed E-state index contributed by atoms with van der Waals surface area (Å²) in [6, 6.07) is 13.2. The minimum atomic E-state index is -0.376. The van der Waals surface area contributed by atoms with E-state index in [1.54, 1.807) is 16.7 Å². The van der Waals surface area contributed by atoms with Crippen molar-refractivity contribution in [2.24, 2.45) is 0 Å². The van der Waals surface area contributed by atoms with Crippen LogP contribution in [0.15, 0.2) is 51.7 Å². The molecule has 1 saturated heterocycles. The van der Waals surface area contributed by atoms with Crippen molar-refractivity contribution in [3.05, 3.63) is 63.5 Å². The van der Waals surface area contributed by atoms with Gasteiger partial charge in [-0.15, -0.1) is 0 Å². The van der Waals surface area contributed by atoms with E-state index in [0.29, 0.717) is 40.7 Å². The molecule has 3 heterocycles. The normalized spacial score (nSPS) is 14.6. The van der Waals surface area contributed by atoms with Gasteiger partial charge in [-0.3, -0.25) is 4.57 Å². The molecule has 4 aromatic rings. The average Bonchev–Trinajstić information content (AvgIpc) is 2.97. The highest BCUT2D eigenvalue weighted by atomic mass is 35.5. The summed E-state index contributed by atoms with van der Waals surface area (Å²) in [5.74, 6) is 0.430. The molecule has 1 N–H and O–H groups in total. The Bertz CT molecular complexity index is 1240. The van der Waals surface area contributed by atoms with Crippen LogP contribution in [-0.2, 0) is 4.74 Å². The summed E-state index contributed by atoms with van der Waals surface area (Å²) in [6.45, 7) is 3.14. The van der Waals surface area contributed by atoms with E-state index < -0.39 is 0 Å². The Balaban J connectivity index is 1.87. The Kier molecular flexibility index (Phi) is 3.70. The topological polar surface area (TPSA) is 69.3 Å². The molecule has 27 heavy (non-hydrogen) atoms. The first-order chi connectivity index (χ1) is 13.1. The Labute approximate surface area is 159 Å². The Hall–Kier alpha value is -2.83. The first kappa shape index (κ1) is 16.4. The number of aromatic nitrogens is 2. The van der Waals surface area contributed by atoms with E-state index in [0.717, 1.165) is 16.6 Å². The lowest BCUT2D eigenvalue weighted by Crippen LogP contribution is -2.41. The van der Waals surface area contributed by atoms with E-state index in [1.165, 1.54) is 0 Å². The predicted octanol–water partition coefficient (Wildman–Crippen LogP) is 3.90. The zero-order valence-corrected chi connectivity index (χ0v) is 15.3. The molecule has 0 radical (unpaired) electrons. The van der Waals surface area contributed by atoms with Crippen molar-refractivity contribution in [2.75, 3.05) is 18.5 Å². The van der Waals surface area contributed by atoms with E-state index >= 15 is 0 Å². The largest absolute Gasteiger partial charge is 0.450 e. The summed E-state index contributed by atoms with van der Waals surface area (Å²) in [6.07, 6.45) is 0. The van der Waals surface area contributed by atoms with Crippen molar-refractivity contribution in [1.82, 2.24) is 9.55 Å². The molecule has 2 aromatic heterocycles. The summed E-state index contributed by atoms with van der Waals surface area (Å²) < 4.78 is 12.9. The third-order valence-corrected chi connectivity index (χ3v) is 4.94. The van der Waals surface area contributed by atoms with Gasteiger partial charge in [-0.2, -0.15) is 4.98 Å². The van der Waals surface area contributed by atoms with E-state index in [9.17, 15) is 4.79 Å². The Morgan fingerprint density at radius 2 is 2.07 bits per heavy atom. The number of nitrogens with one attached hydrogen (secondary N) is 1. The second-order valence-electron chi connectivity index (χ2n) is 6.72. The predicted molar refractivity (Wildman–Crippen MR) is 105 cm³/mol. The molecule has 0 atom stereocenters. The zero-order chi connectivity index (χ0) is 18.5. The summed E-state index contributed by atoms with van der Waals surface area (Å²) in [7, 11) is 0. The van der Waals surface area contributed by atoms with Crippen LogP contribution in [0.1, 0.15) is 5.56 Å². The number of aryl methyl sites for hydroxylation is 1. The minimum Gasteiger partial charge on any atom is -0.450 e. The van der Waals surface area contributed by atoms with Gasteiger partial charge < -0.3 is 14.5 Å². The van der Waals surface area contributed by atoms with Crippen LogP contribution in [0.4, 0.5) is 5.82 Å². The van der Waals surface area contributed by atoms with Crippen molar-refractivity contribution >= 4 is 39.5 Å². The van der Waals surface area contributed by atoms with Crippen LogP contribution >= 0.6 is 11.6 Å². The van der Waals surface area contributed by atoms with Gasteiger partial charge in [0, 0.05) is 10.4 Å². The second-order valence-corrected chi connectivity index (χ2v) is 7.15. The van der Waals surface area contributed by atoms with Gasteiger partial charge in [0.2, 0.25) is 0 Å². The lowest BCUT2D eigenvalue weighted by atomic mass is 10.2. The second kappa shape index (κ2) is 6.11. The fraction of sp³-hybridized carbons (Fsp3) is 0.200. The quantitative estimate of drug-likeness (QED) is 0.582. The van der Waals surface area contributed by atoms with E-state index in [2.05, 4.69) is 10.3 Å². The van der Waals surface area contributed by atoms with Gasteiger partial charge >= 0.3 is 5.69 Å². The van der Waals surface area contributed by atoms with Crippen LogP contribution in [0.5, 0.6) is 0 Å².